The van der Waals surface area contributed by atoms with Gasteiger partial charge in [0.05, 0.1) is 6.42 Å². The summed E-state index contributed by atoms with van der Waals surface area (Å²) in [5, 5.41) is 10.4. The maximum absolute atomic E-state index is 13.3. The number of carboxylic acid groups (broad SMARTS) is 1. The molecular formula is C15H29F2NO2. The summed E-state index contributed by atoms with van der Waals surface area (Å²) in [7, 11) is 0. The molecule has 0 aromatic carbocycles. The van der Waals surface area contributed by atoms with Crippen LogP contribution in [0.2, 0.25) is 0 Å². The molecule has 0 spiro atoms. The molecule has 0 bridgehead atoms. The van der Waals surface area contributed by atoms with Gasteiger partial charge in [-0.1, -0.05) is 58.3 Å². The number of halogens is 2. The molecule has 0 fully saturated rings. The van der Waals surface area contributed by atoms with Crippen LogP contribution in [0.1, 0.15) is 77.6 Å². The van der Waals surface area contributed by atoms with E-state index in [1.54, 1.807) is 0 Å². The SMILES string of the molecule is CCCCCCCCCCCC(F)(F)NCCC(=O)O. The first kappa shape index (κ1) is 19.3. The summed E-state index contributed by atoms with van der Waals surface area (Å²) >= 11 is 0. The molecule has 0 aromatic heterocycles. The third-order valence-electron chi connectivity index (χ3n) is 3.32. The highest BCUT2D eigenvalue weighted by Crippen LogP contribution is 2.19. The minimum absolute atomic E-state index is 0.181. The number of rotatable bonds is 14. The Morgan fingerprint density at radius 3 is 2.00 bits per heavy atom. The number of aliphatic carboxylic acids is 1. The molecule has 0 radical (unpaired) electrons. The standard InChI is InChI=1S/C15H29F2NO2/c1-2-3-4-5-6-7-8-9-10-12-15(16,17)18-13-11-14(19)20/h18H,2-13H2,1H3,(H,19,20). The van der Waals surface area contributed by atoms with Gasteiger partial charge in [0.1, 0.15) is 0 Å². The Hall–Kier alpha value is -0.710. The molecule has 0 amide bonds. The minimum atomic E-state index is -2.93. The van der Waals surface area contributed by atoms with Crippen molar-refractivity contribution < 1.29 is 18.7 Å². The number of hydrogen-bond acceptors (Lipinski definition) is 2. The molecule has 2 N–H and O–H groups in total. The van der Waals surface area contributed by atoms with Gasteiger partial charge >= 0.3 is 12.0 Å². The van der Waals surface area contributed by atoms with Crippen molar-refractivity contribution in [2.45, 2.75) is 83.6 Å². The van der Waals surface area contributed by atoms with Crippen LogP contribution in [0.25, 0.3) is 0 Å². The number of carboxylic acids is 1. The lowest BCUT2D eigenvalue weighted by Crippen LogP contribution is -2.37. The molecule has 0 aliphatic carbocycles. The lowest BCUT2D eigenvalue weighted by Gasteiger charge is -2.17. The summed E-state index contributed by atoms with van der Waals surface area (Å²) in [5.41, 5.74) is 0. The van der Waals surface area contributed by atoms with Crippen LogP contribution in [0.3, 0.4) is 0 Å². The lowest BCUT2D eigenvalue weighted by atomic mass is 10.1. The Kier molecular flexibility index (Phi) is 11.6. The van der Waals surface area contributed by atoms with Crippen LogP contribution in [0, 0.1) is 0 Å². The number of carbonyl (C=O) groups is 1. The fourth-order valence-corrected chi connectivity index (χ4v) is 2.10. The summed E-state index contributed by atoms with van der Waals surface area (Å²) in [6.07, 6.45) is 9.23. The Balaban J connectivity index is 3.37. The van der Waals surface area contributed by atoms with E-state index >= 15 is 0 Å². The van der Waals surface area contributed by atoms with E-state index in [0.717, 1.165) is 19.3 Å². The molecule has 0 aliphatic heterocycles. The number of alkyl halides is 2. The average Bonchev–Trinajstić information content (AvgIpc) is 2.36. The van der Waals surface area contributed by atoms with Crippen molar-refractivity contribution in [3.05, 3.63) is 0 Å². The van der Waals surface area contributed by atoms with Gasteiger partial charge in [-0.3, -0.25) is 10.1 Å². The molecular weight excluding hydrogens is 264 g/mol. The van der Waals surface area contributed by atoms with E-state index in [1.165, 1.54) is 32.1 Å². The van der Waals surface area contributed by atoms with Gasteiger partial charge in [-0.25, -0.2) is 0 Å². The second kappa shape index (κ2) is 12.1. The average molecular weight is 293 g/mol. The third kappa shape index (κ3) is 13.7. The van der Waals surface area contributed by atoms with Gasteiger partial charge < -0.3 is 5.11 Å². The molecule has 0 atom stereocenters. The van der Waals surface area contributed by atoms with Crippen molar-refractivity contribution in [3.63, 3.8) is 0 Å². The molecule has 0 rings (SSSR count). The van der Waals surface area contributed by atoms with Crippen LogP contribution in [0.5, 0.6) is 0 Å². The largest absolute Gasteiger partial charge is 0.481 e. The summed E-state index contributed by atoms with van der Waals surface area (Å²) < 4.78 is 26.6. The number of hydrogen-bond donors (Lipinski definition) is 2. The van der Waals surface area contributed by atoms with Crippen molar-refractivity contribution in [2.75, 3.05) is 6.54 Å². The smallest absolute Gasteiger partial charge is 0.304 e. The van der Waals surface area contributed by atoms with Crippen molar-refractivity contribution in [2.24, 2.45) is 0 Å². The van der Waals surface area contributed by atoms with Gasteiger partial charge in [0.2, 0.25) is 0 Å². The monoisotopic (exact) mass is 293 g/mol. The van der Waals surface area contributed by atoms with Gasteiger partial charge in [-0.05, 0) is 6.42 Å². The normalized spacial score (nSPS) is 11.8. The zero-order valence-electron chi connectivity index (χ0n) is 12.6. The highest BCUT2D eigenvalue weighted by atomic mass is 19.3. The molecule has 0 aromatic rings. The molecule has 0 heterocycles. The van der Waals surface area contributed by atoms with E-state index in [9.17, 15) is 13.6 Å². The van der Waals surface area contributed by atoms with Crippen LogP contribution in [-0.4, -0.2) is 23.7 Å². The molecule has 20 heavy (non-hydrogen) atoms. The Labute approximate surface area is 121 Å². The van der Waals surface area contributed by atoms with Crippen LogP contribution < -0.4 is 5.32 Å². The second-order valence-electron chi connectivity index (χ2n) is 5.35. The van der Waals surface area contributed by atoms with Crippen LogP contribution in [0.15, 0.2) is 0 Å². The van der Waals surface area contributed by atoms with Gasteiger partial charge in [-0.2, -0.15) is 8.78 Å². The van der Waals surface area contributed by atoms with Crippen molar-refractivity contribution in [1.29, 1.82) is 0 Å². The molecule has 3 nitrogen and oxygen atoms in total. The van der Waals surface area contributed by atoms with Crippen LogP contribution in [-0.2, 0) is 4.79 Å². The summed E-state index contributed by atoms with van der Waals surface area (Å²) in [6, 6.07) is -2.93. The first-order valence-corrected chi connectivity index (χ1v) is 7.82. The van der Waals surface area contributed by atoms with Crippen LogP contribution >= 0.6 is 0 Å². The lowest BCUT2D eigenvalue weighted by molar-refractivity contribution is -0.137. The highest BCUT2D eigenvalue weighted by molar-refractivity contribution is 5.66. The van der Waals surface area contributed by atoms with Gasteiger partial charge in [0.15, 0.2) is 0 Å². The maximum atomic E-state index is 13.3. The Bertz CT molecular complexity index is 248. The minimum Gasteiger partial charge on any atom is -0.481 e. The predicted molar refractivity (Wildman–Crippen MR) is 77.0 cm³/mol. The Morgan fingerprint density at radius 2 is 1.50 bits per heavy atom. The van der Waals surface area contributed by atoms with Gasteiger partial charge in [0, 0.05) is 13.0 Å². The molecule has 0 aliphatic rings. The van der Waals surface area contributed by atoms with E-state index in [0.29, 0.717) is 6.42 Å². The zero-order valence-corrected chi connectivity index (χ0v) is 12.6. The first-order chi connectivity index (χ1) is 9.48. The van der Waals surface area contributed by atoms with Crippen molar-refractivity contribution in [1.82, 2.24) is 5.32 Å². The van der Waals surface area contributed by atoms with Crippen molar-refractivity contribution >= 4 is 5.97 Å². The van der Waals surface area contributed by atoms with Crippen LogP contribution in [0.4, 0.5) is 8.78 Å². The summed E-state index contributed by atoms with van der Waals surface area (Å²) in [4.78, 5) is 10.2. The summed E-state index contributed by atoms with van der Waals surface area (Å²) in [5.74, 6) is -1.06. The molecule has 0 saturated carbocycles. The van der Waals surface area contributed by atoms with Gasteiger partial charge in [0.25, 0.3) is 0 Å². The second-order valence-corrected chi connectivity index (χ2v) is 5.35. The van der Waals surface area contributed by atoms with Crippen molar-refractivity contribution in [3.8, 4) is 0 Å². The zero-order chi connectivity index (χ0) is 15.3. The topological polar surface area (TPSA) is 49.3 Å². The number of nitrogens with one attached hydrogen (secondary N) is 1. The molecule has 0 saturated heterocycles. The molecule has 5 heteroatoms. The summed E-state index contributed by atoms with van der Waals surface area (Å²) in [6.45, 7) is 2.00. The first-order valence-electron chi connectivity index (χ1n) is 7.82. The Morgan fingerprint density at radius 1 is 1.00 bits per heavy atom. The predicted octanol–water partition coefficient (Wildman–Crippen LogP) is 4.56. The maximum Gasteiger partial charge on any atom is 0.304 e. The van der Waals surface area contributed by atoms with E-state index in [1.807, 2.05) is 5.32 Å². The third-order valence-corrected chi connectivity index (χ3v) is 3.32. The van der Waals surface area contributed by atoms with Gasteiger partial charge in [-0.15, -0.1) is 0 Å². The number of unbranched alkanes of at least 4 members (excludes halogenated alkanes) is 8. The van der Waals surface area contributed by atoms with E-state index in [-0.39, 0.29) is 19.4 Å². The molecule has 120 valence electrons. The molecule has 0 unspecified atom stereocenters. The van der Waals surface area contributed by atoms with E-state index in [4.69, 9.17) is 5.11 Å². The highest BCUT2D eigenvalue weighted by Gasteiger charge is 2.26. The van der Waals surface area contributed by atoms with E-state index in [2.05, 4.69) is 6.92 Å². The fraction of sp³-hybridized carbons (Fsp3) is 0.933. The quantitative estimate of drug-likeness (QED) is 0.364. The van der Waals surface area contributed by atoms with E-state index < -0.39 is 12.0 Å². The fourth-order valence-electron chi connectivity index (χ4n) is 2.10.